The number of halogens is 3. The van der Waals surface area contributed by atoms with Gasteiger partial charge in [0.05, 0.1) is 15.1 Å². The van der Waals surface area contributed by atoms with Crippen LogP contribution in [0.25, 0.3) is 0 Å². The molecular weight excluding hydrogens is 296 g/mol. The largest absolute Gasteiger partial charge is 0.489 e. The number of benzene rings is 1. The lowest BCUT2D eigenvalue weighted by Gasteiger charge is -2.24. The van der Waals surface area contributed by atoms with Crippen LogP contribution in [-0.2, 0) is 0 Å². The van der Waals surface area contributed by atoms with Gasteiger partial charge in [-0.2, -0.15) is 0 Å². The van der Waals surface area contributed by atoms with Crippen LogP contribution in [0.1, 0.15) is 13.8 Å². The van der Waals surface area contributed by atoms with Gasteiger partial charge in [-0.3, -0.25) is 0 Å². The van der Waals surface area contributed by atoms with E-state index in [4.69, 9.17) is 39.5 Å². The fourth-order valence-corrected chi connectivity index (χ4v) is 1.88. The molecular formula is C12H16Cl3NO2. The molecule has 0 amide bonds. The summed E-state index contributed by atoms with van der Waals surface area (Å²) in [7, 11) is 0. The molecule has 0 aliphatic carbocycles. The van der Waals surface area contributed by atoms with Crippen LogP contribution in [0.3, 0.4) is 0 Å². The Bertz CT molecular complexity index is 411. The maximum Gasteiger partial charge on any atom is 0.139 e. The molecule has 0 aromatic heterocycles. The minimum absolute atomic E-state index is 0.109. The highest BCUT2D eigenvalue weighted by molar-refractivity contribution is 6.43. The Morgan fingerprint density at radius 3 is 2.44 bits per heavy atom. The van der Waals surface area contributed by atoms with Crippen molar-refractivity contribution in [2.24, 2.45) is 0 Å². The summed E-state index contributed by atoms with van der Waals surface area (Å²) in [5, 5.41) is 14.2. The van der Waals surface area contributed by atoms with Crippen molar-refractivity contribution >= 4 is 34.8 Å². The molecule has 0 aliphatic heterocycles. The van der Waals surface area contributed by atoms with Crippen LogP contribution >= 0.6 is 34.8 Å². The van der Waals surface area contributed by atoms with Crippen molar-refractivity contribution in [3.8, 4) is 5.75 Å². The molecule has 0 aliphatic rings. The lowest BCUT2D eigenvalue weighted by molar-refractivity contribution is 0.0128. The number of aliphatic hydroxyl groups is 1. The van der Waals surface area contributed by atoms with Gasteiger partial charge in [0.25, 0.3) is 0 Å². The average molecular weight is 313 g/mol. The van der Waals surface area contributed by atoms with Gasteiger partial charge >= 0.3 is 0 Å². The van der Waals surface area contributed by atoms with Crippen LogP contribution < -0.4 is 10.1 Å². The second kappa shape index (κ2) is 6.83. The van der Waals surface area contributed by atoms with E-state index in [1.54, 1.807) is 6.92 Å². The number of nitrogens with one attached hydrogen (secondary N) is 1. The Morgan fingerprint density at radius 2 is 1.83 bits per heavy atom. The molecule has 0 fully saturated rings. The summed E-state index contributed by atoms with van der Waals surface area (Å²) in [6.07, 6.45) is 0. The quantitative estimate of drug-likeness (QED) is 0.791. The summed E-state index contributed by atoms with van der Waals surface area (Å²) in [5.74, 6) is 0.405. The molecule has 18 heavy (non-hydrogen) atoms. The van der Waals surface area contributed by atoms with E-state index in [0.717, 1.165) is 6.54 Å². The molecule has 1 rings (SSSR count). The van der Waals surface area contributed by atoms with E-state index in [1.807, 2.05) is 6.92 Å². The van der Waals surface area contributed by atoms with Gasteiger partial charge in [0.2, 0.25) is 0 Å². The summed E-state index contributed by atoms with van der Waals surface area (Å²) in [6.45, 7) is 4.97. The molecule has 1 aromatic rings. The maximum atomic E-state index is 10.0. The van der Waals surface area contributed by atoms with E-state index < -0.39 is 5.60 Å². The first-order valence-electron chi connectivity index (χ1n) is 5.56. The SMILES string of the molecule is CCNCC(C)(O)COc1cc(Cl)c(Cl)cc1Cl. The van der Waals surface area contributed by atoms with E-state index in [1.165, 1.54) is 12.1 Å². The van der Waals surface area contributed by atoms with Crippen molar-refractivity contribution in [1.29, 1.82) is 0 Å². The number of hydrogen-bond acceptors (Lipinski definition) is 3. The molecule has 6 heteroatoms. The highest BCUT2D eigenvalue weighted by Crippen LogP contribution is 2.34. The van der Waals surface area contributed by atoms with Gasteiger partial charge in [-0.1, -0.05) is 41.7 Å². The van der Waals surface area contributed by atoms with E-state index in [0.29, 0.717) is 27.4 Å². The van der Waals surface area contributed by atoms with E-state index >= 15 is 0 Å². The standard InChI is InChI=1S/C12H16Cl3NO2/c1-3-16-6-12(2,17)7-18-11-5-9(14)8(13)4-10(11)15/h4-5,16-17H,3,6-7H2,1-2H3. The number of ether oxygens (including phenoxy) is 1. The Kier molecular flexibility index (Phi) is 6.02. The van der Waals surface area contributed by atoms with Crippen molar-refractivity contribution in [2.45, 2.75) is 19.4 Å². The monoisotopic (exact) mass is 311 g/mol. The third-order valence-electron chi connectivity index (χ3n) is 2.27. The highest BCUT2D eigenvalue weighted by Gasteiger charge is 2.21. The van der Waals surface area contributed by atoms with Crippen LogP contribution in [0.5, 0.6) is 5.75 Å². The van der Waals surface area contributed by atoms with Crippen LogP contribution in [0.4, 0.5) is 0 Å². The molecule has 0 spiro atoms. The first kappa shape index (κ1) is 15.9. The second-order valence-corrected chi connectivity index (χ2v) is 5.48. The lowest BCUT2D eigenvalue weighted by atomic mass is 10.1. The van der Waals surface area contributed by atoms with Gasteiger partial charge in [-0.25, -0.2) is 0 Å². The molecule has 0 bridgehead atoms. The van der Waals surface area contributed by atoms with Gasteiger partial charge in [-0.15, -0.1) is 0 Å². The van der Waals surface area contributed by atoms with Crippen LogP contribution in [-0.4, -0.2) is 30.4 Å². The minimum Gasteiger partial charge on any atom is -0.489 e. The van der Waals surface area contributed by atoms with Crippen molar-refractivity contribution < 1.29 is 9.84 Å². The molecule has 1 atom stereocenters. The van der Waals surface area contributed by atoms with Crippen LogP contribution in [0.15, 0.2) is 12.1 Å². The first-order chi connectivity index (χ1) is 8.35. The van der Waals surface area contributed by atoms with Crippen LogP contribution in [0, 0.1) is 0 Å². The third kappa shape index (κ3) is 4.82. The van der Waals surface area contributed by atoms with E-state index in [2.05, 4.69) is 5.32 Å². The molecule has 0 saturated heterocycles. The normalized spacial score (nSPS) is 14.3. The van der Waals surface area contributed by atoms with Crippen molar-refractivity contribution in [2.75, 3.05) is 19.7 Å². The molecule has 102 valence electrons. The fourth-order valence-electron chi connectivity index (χ4n) is 1.29. The topological polar surface area (TPSA) is 41.5 Å². The van der Waals surface area contributed by atoms with Gasteiger partial charge in [-0.05, 0) is 19.5 Å². The average Bonchev–Trinajstić information content (AvgIpc) is 2.30. The smallest absolute Gasteiger partial charge is 0.139 e. The molecule has 0 saturated carbocycles. The van der Waals surface area contributed by atoms with Gasteiger partial charge in [0, 0.05) is 12.6 Å². The molecule has 0 heterocycles. The summed E-state index contributed by atoms with van der Waals surface area (Å²) < 4.78 is 5.47. The summed E-state index contributed by atoms with van der Waals surface area (Å²) in [4.78, 5) is 0. The number of hydrogen-bond donors (Lipinski definition) is 2. The maximum absolute atomic E-state index is 10.0. The molecule has 0 radical (unpaired) electrons. The zero-order valence-electron chi connectivity index (χ0n) is 10.3. The van der Waals surface area contributed by atoms with Gasteiger partial charge in [0.1, 0.15) is 18.0 Å². The van der Waals surface area contributed by atoms with Crippen molar-refractivity contribution in [3.05, 3.63) is 27.2 Å². The fraction of sp³-hybridized carbons (Fsp3) is 0.500. The van der Waals surface area contributed by atoms with Gasteiger partial charge < -0.3 is 15.2 Å². The minimum atomic E-state index is -0.981. The first-order valence-corrected chi connectivity index (χ1v) is 6.69. The van der Waals surface area contributed by atoms with Crippen LogP contribution in [0.2, 0.25) is 15.1 Å². The van der Waals surface area contributed by atoms with Gasteiger partial charge in [0.15, 0.2) is 0 Å². The second-order valence-electron chi connectivity index (χ2n) is 4.26. The zero-order chi connectivity index (χ0) is 13.8. The summed E-state index contributed by atoms with van der Waals surface area (Å²) in [5.41, 5.74) is -0.981. The Balaban J connectivity index is 2.66. The molecule has 1 aromatic carbocycles. The predicted molar refractivity (Wildman–Crippen MR) is 76.1 cm³/mol. The highest BCUT2D eigenvalue weighted by atomic mass is 35.5. The third-order valence-corrected chi connectivity index (χ3v) is 3.29. The Hall–Kier alpha value is -0.190. The number of rotatable bonds is 6. The summed E-state index contributed by atoms with van der Waals surface area (Å²) >= 11 is 17.7. The van der Waals surface area contributed by atoms with Crippen molar-refractivity contribution in [3.63, 3.8) is 0 Å². The lowest BCUT2D eigenvalue weighted by Crippen LogP contribution is -2.42. The molecule has 3 nitrogen and oxygen atoms in total. The molecule has 2 N–H and O–H groups in total. The van der Waals surface area contributed by atoms with E-state index in [-0.39, 0.29) is 6.61 Å². The molecule has 1 unspecified atom stereocenters. The number of likely N-dealkylation sites (N-methyl/N-ethyl adjacent to an activating group) is 1. The Morgan fingerprint density at radius 1 is 1.22 bits per heavy atom. The zero-order valence-corrected chi connectivity index (χ0v) is 12.5. The van der Waals surface area contributed by atoms with Crippen molar-refractivity contribution in [1.82, 2.24) is 5.32 Å². The van der Waals surface area contributed by atoms with E-state index in [9.17, 15) is 5.11 Å². The predicted octanol–water partition coefficient (Wildman–Crippen LogP) is 3.39. The summed E-state index contributed by atoms with van der Waals surface area (Å²) in [6, 6.07) is 3.05. The Labute approximate surface area is 122 Å².